The SMILES string of the molecule is CC1(C)c2ccccc2-c2c(N(c3ccccc3-c3ccccc3-c3ccccc3-c3ccccc3)c3ccccc3-c3cccc4cccc(C5CCCCC5)c34)cccc21. The lowest BCUT2D eigenvalue weighted by Gasteiger charge is -2.33. The van der Waals surface area contributed by atoms with Gasteiger partial charge in [-0.25, -0.2) is 0 Å². The van der Waals surface area contributed by atoms with Crippen LogP contribution < -0.4 is 4.90 Å². The number of nitrogens with zero attached hydrogens (tertiary/aromatic N) is 1. The first kappa shape index (κ1) is 38.0. The molecule has 1 heteroatoms. The van der Waals surface area contributed by atoms with Crippen LogP contribution in [-0.2, 0) is 5.41 Å². The lowest BCUT2D eigenvalue weighted by molar-refractivity contribution is 0.445. The Morgan fingerprint density at radius 2 is 0.839 bits per heavy atom. The van der Waals surface area contributed by atoms with Gasteiger partial charge in [0.25, 0.3) is 0 Å². The molecule has 1 saturated carbocycles. The second-order valence-corrected chi connectivity index (χ2v) is 17.8. The summed E-state index contributed by atoms with van der Waals surface area (Å²) in [6.07, 6.45) is 6.46. The normalized spacial score (nSPS) is 14.4. The first-order valence-corrected chi connectivity index (χ1v) is 22.6. The minimum atomic E-state index is -0.148. The van der Waals surface area contributed by atoms with Crippen LogP contribution in [0, 0.1) is 0 Å². The Morgan fingerprint density at radius 3 is 1.53 bits per heavy atom. The van der Waals surface area contributed by atoms with Gasteiger partial charge in [0.15, 0.2) is 0 Å². The van der Waals surface area contributed by atoms with Crippen molar-refractivity contribution in [1.29, 1.82) is 0 Å². The van der Waals surface area contributed by atoms with E-state index >= 15 is 0 Å². The smallest absolute Gasteiger partial charge is 0.0543 e. The van der Waals surface area contributed by atoms with E-state index in [0.717, 1.165) is 5.69 Å². The summed E-state index contributed by atoms with van der Waals surface area (Å²) in [5, 5.41) is 2.71. The van der Waals surface area contributed by atoms with Crippen molar-refractivity contribution in [3.63, 3.8) is 0 Å². The van der Waals surface area contributed by atoms with Gasteiger partial charge in [-0.2, -0.15) is 0 Å². The molecular formula is C61H51N. The van der Waals surface area contributed by atoms with Gasteiger partial charge in [-0.15, -0.1) is 0 Å². The summed E-state index contributed by atoms with van der Waals surface area (Å²) in [5.41, 5.74) is 20.0. The predicted octanol–water partition coefficient (Wildman–Crippen LogP) is 17.3. The zero-order valence-corrected chi connectivity index (χ0v) is 35.7. The van der Waals surface area contributed by atoms with Gasteiger partial charge in [-0.1, -0.05) is 221 Å². The average Bonchev–Trinajstić information content (AvgIpc) is 3.58. The average molecular weight is 798 g/mol. The molecule has 2 aliphatic rings. The molecule has 0 atom stereocenters. The number of hydrogen-bond donors (Lipinski definition) is 0. The topological polar surface area (TPSA) is 3.24 Å². The minimum Gasteiger partial charge on any atom is -0.309 e. The van der Waals surface area contributed by atoms with E-state index in [-0.39, 0.29) is 5.41 Å². The van der Waals surface area contributed by atoms with Crippen LogP contribution in [0.25, 0.3) is 66.4 Å². The Labute approximate surface area is 367 Å². The fourth-order valence-electron chi connectivity index (χ4n) is 11.0. The first-order valence-electron chi connectivity index (χ1n) is 22.6. The number of para-hydroxylation sites is 2. The number of anilines is 3. The van der Waals surface area contributed by atoms with Crippen LogP contribution in [0.2, 0.25) is 0 Å². The van der Waals surface area contributed by atoms with Gasteiger partial charge >= 0.3 is 0 Å². The molecule has 0 amide bonds. The molecule has 2 aliphatic carbocycles. The van der Waals surface area contributed by atoms with Gasteiger partial charge in [0.05, 0.1) is 17.1 Å². The van der Waals surface area contributed by atoms with Crippen LogP contribution >= 0.6 is 0 Å². The molecule has 9 aromatic carbocycles. The van der Waals surface area contributed by atoms with Crippen molar-refractivity contribution in [2.24, 2.45) is 0 Å². The molecule has 0 spiro atoms. The third kappa shape index (κ3) is 6.38. The largest absolute Gasteiger partial charge is 0.309 e. The molecule has 0 radical (unpaired) electrons. The molecule has 0 unspecified atom stereocenters. The van der Waals surface area contributed by atoms with E-state index in [4.69, 9.17) is 0 Å². The summed E-state index contributed by atoms with van der Waals surface area (Å²) in [6, 6.07) is 77.0. The fourth-order valence-corrected chi connectivity index (χ4v) is 11.0. The summed E-state index contributed by atoms with van der Waals surface area (Å²) in [6.45, 7) is 4.77. The Morgan fingerprint density at radius 1 is 0.371 bits per heavy atom. The van der Waals surface area contributed by atoms with E-state index in [2.05, 4.69) is 225 Å². The Hall–Kier alpha value is -6.96. The highest BCUT2D eigenvalue weighted by molar-refractivity contribution is 6.06. The predicted molar refractivity (Wildman–Crippen MR) is 264 cm³/mol. The third-order valence-corrected chi connectivity index (χ3v) is 13.9. The molecule has 0 saturated heterocycles. The maximum atomic E-state index is 2.60. The molecule has 0 aromatic heterocycles. The van der Waals surface area contributed by atoms with Crippen molar-refractivity contribution in [1.82, 2.24) is 0 Å². The van der Waals surface area contributed by atoms with Crippen LogP contribution in [0.4, 0.5) is 17.1 Å². The van der Waals surface area contributed by atoms with Gasteiger partial charge in [0.1, 0.15) is 0 Å². The van der Waals surface area contributed by atoms with Crippen molar-refractivity contribution in [2.45, 2.75) is 57.3 Å². The molecule has 11 rings (SSSR count). The summed E-state index contributed by atoms with van der Waals surface area (Å²) in [7, 11) is 0. The van der Waals surface area contributed by atoms with Crippen molar-refractivity contribution < 1.29 is 0 Å². The quantitative estimate of drug-likeness (QED) is 0.148. The van der Waals surface area contributed by atoms with E-state index in [1.807, 2.05) is 0 Å². The maximum absolute atomic E-state index is 2.60. The van der Waals surface area contributed by atoms with Gasteiger partial charge in [0.2, 0.25) is 0 Å². The van der Waals surface area contributed by atoms with Crippen molar-refractivity contribution in [2.75, 3.05) is 4.90 Å². The van der Waals surface area contributed by atoms with Crippen LogP contribution in [-0.4, -0.2) is 0 Å². The highest BCUT2D eigenvalue weighted by Gasteiger charge is 2.38. The molecule has 0 heterocycles. The molecule has 0 N–H and O–H groups in total. The molecule has 0 aliphatic heterocycles. The highest BCUT2D eigenvalue weighted by atomic mass is 15.2. The summed E-state index contributed by atoms with van der Waals surface area (Å²) in [5.74, 6) is 0.573. The van der Waals surface area contributed by atoms with E-state index in [9.17, 15) is 0 Å². The van der Waals surface area contributed by atoms with Crippen molar-refractivity contribution in [3.05, 3.63) is 223 Å². The summed E-state index contributed by atoms with van der Waals surface area (Å²) >= 11 is 0. The Bertz CT molecular complexity index is 3090. The van der Waals surface area contributed by atoms with Crippen molar-refractivity contribution >= 4 is 27.8 Å². The Kier molecular flexibility index (Phi) is 9.69. The van der Waals surface area contributed by atoms with E-state index in [1.54, 1.807) is 0 Å². The van der Waals surface area contributed by atoms with E-state index in [0.29, 0.717) is 5.92 Å². The zero-order valence-electron chi connectivity index (χ0n) is 35.7. The van der Waals surface area contributed by atoms with Crippen molar-refractivity contribution in [3.8, 4) is 55.6 Å². The van der Waals surface area contributed by atoms with Gasteiger partial charge in [0, 0.05) is 22.1 Å². The second kappa shape index (κ2) is 15.8. The van der Waals surface area contributed by atoms with Crippen LogP contribution in [0.15, 0.2) is 206 Å². The van der Waals surface area contributed by atoms with Gasteiger partial charge in [-0.05, 0) is 103 Å². The molecule has 300 valence electrons. The molecule has 1 fully saturated rings. The third-order valence-electron chi connectivity index (χ3n) is 13.9. The molecule has 0 bridgehead atoms. The standard InChI is InChI=1S/C61H51N/c1-61(2)54-37-16-13-34-53(54)60-55(61)38-21-41-58(60)62(57-40-18-15-33-51(57)52-36-20-27-44-26-19-35-46(59(44)52)43-24-7-4-8-25-43)56-39-17-14-32-50(56)49-31-12-11-30-48(49)47-29-10-9-28-45(47)42-22-5-3-6-23-42/h3,5-6,9-23,26-41,43H,4,7-8,24-25H2,1-2H3. The van der Waals surface area contributed by atoms with E-state index in [1.165, 1.54) is 127 Å². The lowest BCUT2D eigenvalue weighted by Crippen LogP contribution is -2.16. The van der Waals surface area contributed by atoms with Crippen LogP contribution in [0.3, 0.4) is 0 Å². The number of fused-ring (bicyclic) bond motifs is 4. The molecule has 1 nitrogen and oxygen atoms in total. The second-order valence-electron chi connectivity index (χ2n) is 17.8. The number of hydrogen-bond acceptors (Lipinski definition) is 1. The molecule has 62 heavy (non-hydrogen) atoms. The molecule has 9 aromatic rings. The van der Waals surface area contributed by atoms with Crippen LogP contribution in [0.1, 0.15) is 68.6 Å². The zero-order chi connectivity index (χ0) is 41.6. The van der Waals surface area contributed by atoms with Gasteiger partial charge < -0.3 is 4.90 Å². The highest BCUT2D eigenvalue weighted by Crippen LogP contribution is 2.56. The van der Waals surface area contributed by atoms with Crippen LogP contribution in [0.5, 0.6) is 0 Å². The van der Waals surface area contributed by atoms with E-state index < -0.39 is 0 Å². The maximum Gasteiger partial charge on any atom is 0.0543 e. The summed E-state index contributed by atoms with van der Waals surface area (Å²) in [4.78, 5) is 2.60. The first-order chi connectivity index (χ1) is 30.6. The number of rotatable bonds is 8. The fraction of sp³-hybridized carbons (Fsp3) is 0.148. The molecular weight excluding hydrogens is 747 g/mol. The minimum absolute atomic E-state index is 0.148. The monoisotopic (exact) mass is 797 g/mol. The summed E-state index contributed by atoms with van der Waals surface area (Å²) < 4.78 is 0. The Balaban J connectivity index is 1.20. The lowest BCUT2D eigenvalue weighted by atomic mass is 9.80. The van der Waals surface area contributed by atoms with Gasteiger partial charge in [-0.3, -0.25) is 0 Å². The number of benzene rings is 9.